The monoisotopic (exact) mass is 661 g/mol. The number of morpholine rings is 1. The van der Waals surface area contributed by atoms with Crippen molar-refractivity contribution in [3.63, 3.8) is 0 Å². The van der Waals surface area contributed by atoms with E-state index in [9.17, 15) is 9.59 Å². The van der Waals surface area contributed by atoms with Gasteiger partial charge < -0.3 is 34.1 Å². The summed E-state index contributed by atoms with van der Waals surface area (Å²) in [5.74, 6) is -2.19. The predicted molar refractivity (Wildman–Crippen MR) is 175 cm³/mol. The van der Waals surface area contributed by atoms with Crippen molar-refractivity contribution < 1.29 is 27.8 Å². The number of fused-ring (bicyclic) bond motifs is 4. The molecule has 13 heteroatoms. The molecule has 5 atom stereocenters. The highest BCUT2D eigenvalue weighted by Gasteiger charge is 2.44. The molecule has 1 aliphatic carbocycles. The molecule has 2 amide bonds. The standard InChI is InChI=1S/C35H41F2N7O4/c1-19-24-7-6-21-15-27(44(31(21)40-24)18-35(36,37)9-4-5-20-13-23(20)33(45)39-19)32-41-25-14-22(16-29(47-3)30(25)42(32)2)34(46)43-11-8-28-26(17-43)38-10-12-48-28/h6-7,14-16,19-20,23,26,28,38H,4-5,8-13,17-18H2,1-3H3,(H,39,45)/t19-,20-,23-,26+,28-/m1/s1. The van der Waals surface area contributed by atoms with Crippen molar-refractivity contribution in [2.45, 2.75) is 69.7 Å². The minimum Gasteiger partial charge on any atom is -0.494 e. The second kappa shape index (κ2) is 11.8. The summed E-state index contributed by atoms with van der Waals surface area (Å²) in [5, 5.41) is 7.24. The van der Waals surface area contributed by atoms with Crippen LogP contribution in [0, 0.1) is 11.8 Å². The molecule has 2 bridgehead atoms. The number of hydrogen-bond donors (Lipinski definition) is 2. The zero-order valence-corrected chi connectivity index (χ0v) is 27.5. The van der Waals surface area contributed by atoms with Gasteiger partial charge in [-0.3, -0.25) is 9.59 Å². The molecule has 1 saturated carbocycles. The van der Waals surface area contributed by atoms with Gasteiger partial charge in [-0.1, -0.05) is 0 Å². The van der Waals surface area contributed by atoms with E-state index in [1.807, 2.05) is 41.6 Å². The third kappa shape index (κ3) is 5.50. The molecule has 2 N–H and O–H groups in total. The number of piperidine rings is 1. The molecular formula is C35H41F2N7O4. The molecular weight excluding hydrogens is 620 g/mol. The number of amides is 2. The number of hydrogen-bond acceptors (Lipinski definition) is 7. The highest BCUT2D eigenvalue weighted by Crippen LogP contribution is 2.44. The van der Waals surface area contributed by atoms with Crippen molar-refractivity contribution in [2.75, 3.05) is 33.4 Å². The highest BCUT2D eigenvalue weighted by atomic mass is 19.3. The van der Waals surface area contributed by atoms with Crippen molar-refractivity contribution in [1.82, 2.24) is 34.6 Å². The topological polar surface area (TPSA) is 116 Å². The smallest absolute Gasteiger partial charge is 0.265 e. The average molecular weight is 662 g/mol. The third-order valence-electron chi connectivity index (χ3n) is 10.6. The van der Waals surface area contributed by atoms with E-state index >= 15 is 8.78 Å². The Balaban J connectivity index is 1.19. The van der Waals surface area contributed by atoms with Gasteiger partial charge >= 0.3 is 0 Å². The Morgan fingerprint density at radius 1 is 1.17 bits per heavy atom. The zero-order chi connectivity index (χ0) is 33.3. The fraction of sp³-hybridized carbons (Fsp3) is 0.543. The highest BCUT2D eigenvalue weighted by molar-refractivity contribution is 6.00. The van der Waals surface area contributed by atoms with E-state index in [-0.39, 0.29) is 48.3 Å². The summed E-state index contributed by atoms with van der Waals surface area (Å²) in [6.45, 7) is 3.88. The summed E-state index contributed by atoms with van der Waals surface area (Å²) in [7, 11) is 3.37. The van der Waals surface area contributed by atoms with Crippen molar-refractivity contribution in [3.8, 4) is 17.3 Å². The Labute approximate surface area is 277 Å². The van der Waals surface area contributed by atoms with E-state index in [0.29, 0.717) is 83.1 Å². The number of pyridine rings is 1. The van der Waals surface area contributed by atoms with Crippen molar-refractivity contribution in [1.29, 1.82) is 0 Å². The summed E-state index contributed by atoms with van der Waals surface area (Å²) in [5.41, 5.74) is 3.13. The molecule has 6 heterocycles. The van der Waals surface area contributed by atoms with Crippen LogP contribution in [0.15, 0.2) is 30.3 Å². The van der Waals surface area contributed by atoms with Crippen LogP contribution in [-0.2, 0) is 23.1 Å². The summed E-state index contributed by atoms with van der Waals surface area (Å²) in [6.07, 6.45) is 2.27. The molecule has 48 heavy (non-hydrogen) atoms. The SMILES string of the molecule is COc1cc(C(=O)N2CC[C@H]3OCCN[C@H]3C2)cc2nc(-c3cc4ccc5nc4n3CC(F)(F)CCC[C@@H]3C[C@H]3C(=O)N[C@@H]5C)n(C)c12. The van der Waals surface area contributed by atoms with Crippen molar-refractivity contribution >= 4 is 33.9 Å². The van der Waals surface area contributed by atoms with Gasteiger partial charge in [-0.2, -0.15) is 0 Å². The molecule has 3 aromatic heterocycles. The maximum absolute atomic E-state index is 15.7. The predicted octanol–water partition coefficient (Wildman–Crippen LogP) is 4.43. The Morgan fingerprint density at radius 2 is 2.02 bits per heavy atom. The Hall–Kier alpha value is -4.10. The number of aromatic nitrogens is 4. The maximum Gasteiger partial charge on any atom is 0.265 e. The second-order valence-electron chi connectivity index (χ2n) is 13.9. The van der Waals surface area contributed by atoms with Crippen LogP contribution in [0.2, 0.25) is 0 Å². The first-order chi connectivity index (χ1) is 23.1. The number of aryl methyl sites for hydroxylation is 1. The van der Waals surface area contributed by atoms with Gasteiger partial charge in [0.05, 0.1) is 55.4 Å². The van der Waals surface area contributed by atoms with E-state index in [2.05, 4.69) is 10.6 Å². The minimum absolute atomic E-state index is 0.0371. The number of likely N-dealkylation sites (tertiary alicyclic amines) is 1. The molecule has 3 aliphatic heterocycles. The largest absolute Gasteiger partial charge is 0.494 e. The molecule has 3 fully saturated rings. The van der Waals surface area contributed by atoms with Crippen molar-refractivity contribution in [2.24, 2.45) is 18.9 Å². The van der Waals surface area contributed by atoms with Gasteiger partial charge in [-0.05, 0) is 68.9 Å². The number of nitrogens with zero attached hydrogens (tertiary/aromatic N) is 5. The van der Waals surface area contributed by atoms with Gasteiger partial charge in [0.15, 0.2) is 5.82 Å². The first-order valence-corrected chi connectivity index (χ1v) is 17.0. The number of carbonyl (C=O) groups is 2. The summed E-state index contributed by atoms with van der Waals surface area (Å²) < 4.78 is 46.6. The number of benzene rings is 1. The molecule has 254 valence electrons. The van der Waals surface area contributed by atoms with E-state index in [1.54, 1.807) is 23.8 Å². The lowest BCUT2D eigenvalue weighted by Crippen LogP contribution is -2.59. The lowest BCUT2D eigenvalue weighted by atomic mass is 9.99. The lowest BCUT2D eigenvalue weighted by molar-refractivity contribution is -0.123. The van der Waals surface area contributed by atoms with Gasteiger partial charge in [-0.25, -0.2) is 18.7 Å². The van der Waals surface area contributed by atoms with Gasteiger partial charge in [0.25, 0.3) is 11.8 Å². The number of ether oxygens (including phenoxy) is 2. The number of imidazole rings is 1. The summed E-state index contributed by atoms with van der Waals surface area (Å²) in [4.78, 5) is 38.3. The van der Waals surface area contributed by atoms with Crippen LogP contribution in [0.4, 0.5) is 8.78 Å². The van der Waals surface area contributed by atoms with E-state index in [1.165, 1.54) is 0 Å². The second-order valence-corrected chi connectivity index (χ2v) is 13.9. The molecule has 0 unspecified atom stereocenters. The minimum atomic E-state index is -3.01. The number of methoxy groups -OCH3 is 1. The van der Waals surface area contributed by atoms with Crippen LogP contribution < -0.4 is 15.4 Å². The van der Waals surface area contributed by atoms with Crippen LogP contribution >= 0.6 is 0 Å². The average Bonchev–Trinajstić information content (AvgIpc) is 3.67. The van der Waals surface area contributed by atoms with Crippen LogP contribution in [0.5, 0.6) is 5.75 Å². The van der Waals surface area contributed by atoms with Gasteiger partial charge in [0, 0.05) is 50.0 Å². The normalized spacial score (nSPS) is 27.3. The first kappa shape index (κ1) is 31.2. The molecule has 4 aliphatic rings. The van der Waals surface area contributed by atoms with Crippen LogP contribution in [0.1, 0.15) is 61.1 Å². The number of halogens is 2. The zero-order valence-electron chi connectivity index (χ0n) is 27.5. The Kier molecular flexibility index (Phi) is 7.66. The number of alkyl halides is 2. The van der Waals surface area contributed by atoms with Gasteiger partial charge in [-0.15, -0.1) is 0 Å². The van der Waals surface area contributed by atoms with Gasteiger partial charge in [0.2, 0.25) is 5.91 Å². The number of rotatable bonds is 3. The lowest BCUT2D eigenvalue weighted by Gasteiger charge is -2.41. The Bertz CT molecular complexity index is 1920. The first-order valence-electron chi connectivity index (χ1n) is 17.0. The molecule has 2 saturated heterocycles. The van der Waals surface area contributed by atoms with Crippen LogP contribution in [0.3, 0.4) is 0 Å². The maximum atomic E-state index is 15.7. The van der Waals surface area contributed by atoms with Crippen LogP contribution in [0.25, 0.3) is 33.6 Å². The van der Waals surface area contributed by atoms with Crippen LogP contribution in [-0.4, -0.2) is 87.2 Å². The Morgan fingerprint density at radius 3 is 2.85 bits per heavy atom. The number of nitrogens with one attached hydrogen (secondary N) is 2. The summed E-state index contributed by atoms with van der Waals surface area (Å²) in [6, 6.07) is 8.73. The molecule has 8 rings (SSSR count). The summed E-state index contributed by atoms with van der Waals surface area (Å²) >= 11 is 0. The molecule has 4 aromatic rings. The van der Waals surface area contributed by atoms with E-state index in [4.69, 9.17) is 19.4 Å². The molecule has 1 aromatic carbocycles. The quantitative estimate of drug-likeness (QED) is 0.334. The van der Waals surface area contributed by atoms with E-state index in [0.717, 1.165) is 19.4 Å². The molecule has 0 radical (unpaired) electrons. The van der Waals surface area contributed by atoms with E-state index < -0.39 is 12.5 Å². The fourth-order valence-electron chi connectivity index (χ4n) is 7.91. The molecule has 0 spiro atoms. The van der Waals surface area contributed by atoms with Gasteiger partial charge in [0.1, 0.15) is 16.9 Å². The molecule has 11 nitrogen and oxygen atoms in total. The van der Waals surface area contributed by atoms with Crippen molar-refractivity contribution in [3.05, 3.63) is 41.6 Å². The fourth-order valence-corrected chi connectivity index (χ4v) is 7.91. The third-order valence-corrected chi connectivity index (χ3v) is 10.6. The number of carbonyl (C=O) groups excluding carboxylic acids is 2.